The average molecular weight is 284 g/mol. The lowest BCUT2D eigenvalue weighted by Crippen LogP contribution is -2.03. The molecule has 3 rings (SSSR count). The van der Waals surface area contributed by atoms with Gasteiger partial charge in [0.15, 0.2) is 0 Å². The Bertz CT molecular complexity index is 727. The second-order valence-electron chi connectivity index (χ2n) is 4.76. The van der Waals surface area contributed by atoms with Crippen molar-refractivity contribution in [3.8, 4) is 5.75 Å². The minimum Gasteiger partial charge on any atom is -0.489 e. The fourth-order valence-corrected chi connectivity index (χ4v) is 2.21. The fourth-order valence-electron chi connectivity index (χ4n) is 2.21. The van der Waals surface area contributed by atoms with E-state index in [4.69, 9.17) is 4.74 Å². The number of nitro groups is 1. The summed E-state index contributed by atoms with van der Waals surface area (Å²) in [5, 5.41) is 13.5. The lowest BCUT2D eigenvalue weighted by molar-refractivity contribution is -0.384. The second kappa shape index (κ2) is 5.24. The summed E-state index contributed by atoms with van der Waals surface area (Å²) in [7, 11) is 0. The van der Waals surface area contributed by atoms with E-state index in [2.05, 4.69) is 5.32 Å². The predicted molar refractivity (Wildman–Crippen MR) is 76.2 cm³/mol. The van der Waals surface area contributed by atoms with Gasteiger partial charge in [-0.05, 0) is 17.2 Å². The zero-order valence-electron chi connectivity index (χ0n) is 11.0. The first-order valence-corrected chi connectivity index (χ1v) is 6.41. The van der Waals surface area contributed by atoms with Crippen molar-refractivity contribution >= 4 is 17.3 Å². The average Bonchev–Trinajstić information content (AvgIpc) is 2.84. The fraction of sp³-hybridized carbons (Fsp3) is 0.133. The maximum atomic E-state index is 11.3. The minimum atomic E-state index is -0.436. The van der Waals surface area contributed by atoms with Gasteiger partial charge >= 0.3 is 0 Å². The molecule has 1 N–H and O–H groups in total. The molecule has 0 saturated carbocycles. The largest absolute Gasteiger partial charge is 0.489 e. The topological polar surface area (TPSA) is 81.5 Å². The Morgan fingerprint density at radius 3 is 2.90 bits per heavy atom. The third-order valence-corrected chi connectivity index (χ3v) is 3.23. The quantitative estimate of drug-likeness (QED) is 0.691. The number of benzene rings is 2. The molecule has 0 spiro atoms. The van der Waals surface area contributed by atoms with E-state index in [-0.39, 0.29) is 18.2 Å². The number of nitrogens with one attached hydrogen (secondary N) is 1. The maximum absolute atomic E-state index is 11.3. The van der Waals surface area contributed by atoms with Crippen LogP contribution in [0.15, 0.2) is 42.5 Å². The van der Waals surface area contributed by atoms with E-state index in [1.807, 2.05) is 6.07 Å². The Kier molecular flexibility index (Phi) is 3.27. The smallest absolute Gasteiger partial charge is 0.269 e. The Morgan fingerprint density at radius 2 is 2.10 bits per heavy atom. The number of rotatable bonds is 4. The van der Waals surface area contributed by atoms with Crippen LogP contribution in [0.25, 0.3) is 0 Å². The highest BCUT2D eigenvalue weighted by molar-refractivity contribution is 5.99. The number of hydrogen-bond acceptors (Lipinski definition) is 4. The van der Waals surface area contributed by atoms with Crippen molar-refractivity contribution in [3.63, 3.8) is 0 Å². The molecule has 0 aromatic heterocycles. The van der Waals surface area contributed by atoms with Crippen LogP contribution in [0.1, 0.15) is 11.1 Å². The molecular weight excluding hydrogens is 272 g/mol. The molecular formula is C15H12N2O4. The summed E-state index contributed by atoms with van der Waals surface area (Å²) < 4.78 is 5.61. The number of non-ortho nitro benzene ring substituents is 1. The standard InChI is InChI=1S/C15H12N2O4/c18-15-7-11-4-5-13(8-14(11)16-15)21-9-10-2-1-3-12(6-10)17(19)20/h1-6,8H,7,9H2,(H,16,18). The van der Waals surface area contributed by atoms with Crippen molar-refractivity contribution in [2.75, 3.05) is 5.32 Å². The highest BCUT2D eigenvalue weighted by Crippen LogP contribution is 2.28. The number of amides is 1. The zero-order chi connectivity index (χ0) is 14.8. The van der Waals surface area contributed by atoms with Crippen LogP contribution in [0, 0.1) is 10.1 Å². The summed E-state index contributed by atoms with van der Waals surface area (Å²) in [6.07, 6.45) is 0.389. The number of hydrogen-bond donors (Lipinski definition) is 1. The summed E-state index contributed by atoms with van der Waals surface area (Å²) in [6.45, 7) is 0.231. The third-order valence-electron chi connectivity index (χ3n) is 3.23. The van der Waals surface area contributed by atoms with Crippen LogP contribution in [0.4, 0.5) is 11.4 Å². The van der Waals surface area contributed by atoms with Gasteiger partial charge in [-0.3, -0.25) is 14.9 Å². The van der Waals surface area contributed by atoms with E-state index >= 15 is 0 Å². The summed E-state index contributed by atoms with van der Waals surface area (Å²) in [5.41, 5.74) is 2.46. The molecule has 2 aromatic carbocycles. The summed E-state index contributed by atoms with van der Waals surface area (Å²) in [6, 6.07) is 11.7. The number of nitrogens with zero attached hydrogens (tertiary/aromatic N) is 1. The molecule has 0 unspecified atom stereocenters. The van der Waals surface area contributed by atoms with Crippen molar-refractivity contribution in [2.24, 2.45) is 0 Å². The molecule has 6 nitrogen and oxygen atoms in total. The summed E-state index contributed by atoms with van der Waals surface area (Å²) >= 11 is 0. The predicted octanol–water partition coefficient (Wildman–Crippen LogP) is 2.67. The Hall–Kier alpha value is -2.89. The molecule has 6 heteroatoms. The van der Waals surface area contributed by atoms with Gasteiger partial charge in [0.2, 0.25) is 5.91 Å². The summed E-state index contributed by atoms with van der Waals surface area (Å²) in [4.78, 5) is 21.6. The number of carbonyl (C=O) groups excluding carboxylic acids is 1. The van der Waals surface area contributed by atoms with Crippen LogP contribution in [0.5, 0.6) is 5.75 Å². The molecule has 0 radical (unpaired) electrons. The van der Waals surface area contributed by atoms with Crippen molar-refractivity contribution in [2.45, 2.75) is 13.0 Å². The van der Waals surface area contributed by atoms with Crippen molar-refractivity contribution < 1.29 is 14.5 Å². The first-order chi connectivity index (χ1) is 10.1. The van der Waals surface area contributed by atoms with Gasteiger partial charge in [0, 0.05) is 23.9 Å². The molecule has 0 saturated heterocycles. The van der Waals surface area contributed by atoms with E-state index in [9.17, 15) is 14.9 Å². The Balaban J connectivity index is 1.71. The van der Waals surface area contributed by atoms with E-state index in [0.717, 1.165) is 11.3 Å². The van der Waals surface area contributed by atoms with Gasteiger partial charge in [0.1, 0.15) is 12.4 Å². The van der Waals surface area contributed by atoms with Crippen LogP contribution >= 0.6 is 0 Å². The minimum absolute atomic E-state index is 0.0270. The first-order valence-electron chi connectivity index (χ1n) is 6.41. The highest BCUT2D eigenvalue weighted by Gasteiger charge is 2.17. The Labute approximate surface area is 120 Å². The third kappa shape index (κ3) is 2.84. The molecule has 1 aliphatic rings. The van der Waals surface area contributed by atoms with E-state index in [1.165, 1.54) is 12.1 Å². The number of carbonyl (C=O) groups is 1. The van der Waals surface area contributed by atoms with Gasteiger partial charge in [-0.25, -0.2) is 0 Å². The van der Waals surface area contributed by atoms with Crippen LogP contribution in [-0.2, 0) is 17.8 Å². The van der Waals surface area contributed by atoms with Gasteiger partial charge in [0.05, 0.1) is 11.3 Å². The second-order valence-corrected chi connectivity index (χ2v) is 4.76. The van der Waals surface area contributed by atoms with Crippen LogP contribution < -0.4 is 10.1 Å². The molecule has 0 bridgehead atoms. The lowest BCUT2D eigenvalue weighted by atomic mass is 10.1. The number of fused-ring (bicyclic) bond motifs is 1. The van der Waals surface area contributed by atoms with Gasteiger partial charge in [-0.2, -0.15) is 0 Å². The highest BCUT2D eigenvalue weighted by atomic mass is 16.6. The molecule has 21 heavy (non-hydrogen) atoms. The van der Waals surface area contributed by atoms with E-state index in [0.29, 0.717) is 17.7 Å². The van der Waals surface area contributed by atoms with Crippen LogP contribution in [-0.4, -0.2) is 10.8 Å². The van der Waals surface area contributed by atoms with Crippen molar-refractivity contribution in [3.05, 3.63) is 63.7 Å². The number of nitro benzene ring substituents is 1. The van der Waals surface area contributed by atoms with Crippen LogP contribution in [0.3, 0.4) is 0 Å². The van der Waals surface area contributed by atoms with Crippen LogP contribution in [0.2, 0.25) is 0 Å². The number of anilines is 1. The van der Waals surface area contributed by atoms with Crippen molar-refractivity contribution in [1.29, 1.82) is 0 Å². The monoisotopic (exact) mass is 284 g/mol. The van der Waals surface area contributed by atoms with Gasteiger partial charge in [0.25, 0.3) is 5.69 Å². The summed E-state index contributed by atoms with van der Waals surface area (Å²) in [5.74, 6) is 0.586. The van der Waals surface area contributed by atoms with Gasteiger partial charge in [-0.15, -0.1) is 0 Å². The number of ether oxygens (including phenoxy) is 1. The molecule has 1 amide bonds. The molecule has 106 valence electrons. The van der Waals surface area contributed by atoms with Gasteiger partial charge < -0.3 is 10.1 Å². The van der Waals surface area contributed by atoms with Gasteiger partial charge in [-0.1, -0.05) is 18.2 Å². The molecule has 2 aromatic rings. The molecule has 0 atom stereocenters. The lowest BCUT2D eigenvalue weighted by Gasteiger charge is -2.08. The van der Waals surface area contributed by atoms with E-state index < -0.39 is 4.92 Å². The normalized spacial score (nSPS) is 12.7. The molecule has 0 fully saturated rings. The van der Waals surface area contributed by atoms with E-state index in [1.54, 1.807) is 24.3 Å². The molecule has 0 aliphatic carbocycles. The maximum Gasteiger partial charge on any atom is 0.269 e. The zero-order valence-corrected chi connectivity index (χ0v) is 11.0. The van der Waals surface area contributed by atoms with Crippen molar-refractivity contribution in [1.82, 2.24) is 0 Å². The SMILES string of the molecule is O=C1Cc2ccc(OCc3cccc([N+](=O)[O-])c3)cc2N1. The Morgan fingerprint density at radius 1 is 1.24 bits per heavy atom. The molecule has 1 heterocycles. The first kappa shape index (κ1) is 13.1. The molecule has 1 aliphatic heterocycles.